The van der Waals surface area contributed by atoms with Gasteiger partial charge in [0, 0.05) is 26.2 Å². The lowest BCUT2D eigenvalue weighted by Crippen LogP contribution is -2.37. The van der Waals surface area contributed by atoms with Crippen molar-refractivity contribution in [3.8, 4) is 0 Å². The van der Waals surface area contributed by atoms with Crippen LogP contribution in [0.3, 0.4) is 0 Å². The Bertz CT molecular complexity index is 412. The first-order chi connectivity index (χ1) is 8.86. The van der Waals surface area contributed by atoms with Gasteiger partial charge in [0.05, 0.1) is 29.6 Å². The number of hydrogen-bond acceptors (Lipinski definition) is 3. The molecule has 2 fully saturated rings. The van der Waals surface area contributed by atoms with Crippen LogP contribution in [0.25, 0.3) is 0 Å². The van der Waals surface area contributed by atoms with Gasteiger partial charge >= 0.3 is 0 Å². The molecule has 0 radical (unpaired) electrons. The molecule has 0 amide bonds. The van der Waals surface area contributed by atoms with Crippen LogP contribution in [0.15, 0.2) is 18.2 Å². The molecule has 2 saturated heterocycles. The highest BCUT2D eigenvalue weighted by atomic mass is 35.5. The Hall–Kier alpha value is -0.930. The van der Waals surface area contributed by atoms with E-state index in [1.165, 1.54) is 24.2 Å². The van der Waals surface area contributed by atoms with E-state index in [9.17, 15) is 0 Å². The van der Waals surface area contributed by atoms with Gasteiger partial charge in [-0.1, -0.05) is 17.7 Å². The van der Waals surface area contributed by atoms with E-state index in [0.29, 0.717) is 0 Å². The second-order valence-electron chi connectivity index (χ2n) is 4.90. The maximum Gasteiger partial charge on any atom is 0.0794 e. The molecule has 3 nitrogen and oxygen atoms in total. The third kappa shape index (κ3) is 2.29. The first-order valence-corrected chi connectivity index (χ1v) is 7.10. The lowest BCUT2D eigenvalue weighted by Gasteiger charge is -2.33. The molecule has 3 rings (SSSR count). The van der Waals surface area contributed by atoms with Crippen molar-refractivity contribution in [2.24, 2.45) is 0 Å². The van der Waals surface area contributed by atoms with Crippen molar-refractivity contribution in [2.75, 3.05) is 49.2 Å². The molecule has 0 spiro atoms. The summed E-state index contributed by atoms with van der Waals surface area (Å²) in [6.45, 7) is 5.76. The monoisotopic (exact) mass is 266 g/mol. The van der Waals surface area contributed by atoms with Crippen LogP contribution in [-0.4, -0.2) is 39.4 Å². The van der Waals surface area contributed by atoms with Crippen LogP contribution in [0.2, 0.25) is 5.02 Å². The van der Waals surface area contributed by atoms with E-state index < -0.39 is 0 Å². The van der Waals surface area contributed by atoms with Gasteiger partial charge in [0.25, 0.3) is 0 Å². The molecule has 2 aliphatic heterocycles. The fourth-order valence-electron chi connectivity index (χ4n) is 2.82. The molecule has 1 aromatic rings. The molecule has 0 unspecified atom stereocenters. The Balaban J connectivity index is 1.94. The zero-order chi connectivity index (χ0) is 12.4. The number of hydrogen-bond donors (Lipinski definition) is 0. The summed E-state index contributed by atoms with van der Waals surface area (Å²) in [5, 5.41) is 0.862. The molecule has 18 heavy (non-hydrogen) atoms. The summed E-state index contributed by atoms with van der Waals surface area (Å²) in [5.74, 6) is 0. The van der Waals surface area contributed by atoms with Gasteiger partial charge in [-0.15, -0.1) is 0 Å². The molecular formula is C14H19ClN2O. The summed E-state index contributed by atoms with van der Waals surface area (Å²) < 4.78 is 5.43. The summed E-state index contributed by atoms with van der Waals surface area (Å²) in [7, 11) is 0. The maximum atomic E-state index is 6.43. The van der Waals surface area contributed by atoms with E-state index >= 15 is 0 Å². The Kier molecular flexibility index (Phi) is 3.62. The largest absolute Gasteiger partial charge is 0.378 e. The van der Waals surface area contributed by atoms with E-state index in [1.807, 2.05) is 6.07 Å². The van der Waals surface area contributed by atoms with Gasteiger partial charge in [-0.05, 0) is 25.0 Å². The number of rotatable bonds is 2. The molecule has 0 atom stereocenters. The van der Waals surface area contributed by atoms with E-state index in [0.717, 1.165) is 44.4 Å². The number of nitrogens with zero attached hydrogens (tertiary/aromatic N) is 2. The van der Waals surface area contributed by atoms with Gasteiger partial charge in [0.15, 0.2) is 0 Å². The van der Waals surface area contributed by atoms with E-state index in [-0.39, 0.29) is 0 Å². The first kappa shape index (κ1) is 12.1. The number of halogens is 1. The third-order valence-electron chi connectivity index (χ3n) is 3.74. The van der Waals surface area contributed by atoms with Crippen molar-refractivity contribution in [1.82, 2.24) is 0 Å². The van der Waals surface area contributed by atoms with E-state index in [2.05, 4.69) is 21.9 Å². The van der Waals surface area contributed by atoms with E-state index in [1.54, 1.807) is 0 Å². The Labute approximate surface area is 113 Å². The zero-order valence-electron chi connectivity index (χ0n) is 10.6. The van der Waals surface area contributed by atoms with Crippen molar-refractivity contribution in [2.45, 2.75) is 12.8 Å². The minimum atomic E-state index is 0.796. The molecule has 0 aliphatic carbocycles. The van der Waals surface area contributed by atoms with Crippen molar-refractivity contribution in [1.29, 1.82) is 0 Å². The molecule has 98 valence electrons. The minimum Gasteiger partial charge on any atom is -0.378 e. The molecular weight excluding hydrogens is 248 g/mol. The van der Waals surface area contributed by atoms with Crippen LogP contribution in [0.5, 0.6) is 0 Å². The Morgan fingerprint density at radius 2 is 1.67 bits per heavy atom. The van der Waals surface area contributed by atoms with Crippen LogP contribution >= 0.6 is 11.6 Å². The highest BCUT2D eigenvalue weighted by molar-refractivity contribution is 6.34. The average molecular weight is 267 g/mol. The molecule has 1 aromatic carbocycles. The lowest BCUT2D eigenvalue weighted by atomic mass is 10.2. The molecule has 0 aromatic heterocycles. The fourth-order valence-corrected chi connectivity index (χ4v) is 3.11. The summed E-state index contributed by atoms with van der Waals surface area (Å²) >= 11 is 6.43. The number of ether oxygens (including phenoxy) is 1. The normalized spacial score (nSPS) is 20.5. The highest BCUT2D eigenvalue weighted by Crippen LogP contribution is 2.38. The van der Waals surface area contributed by atoms with Gasteiger partial charge in [-0.3, -0.25) is 0 Å². The number of para-hydroxylation sites is 1. The van der Waals surface area contributed by atoms with Crippen LogP contribution in [-0.2, 0) is 4.74 Å². The van der Waals surface area contributed by atoms with Gasteiger partial charge in [-0.2, -0.15) is 0 Å². The van der Waals surface area contributed by atoms with Crippen LogP contribution < -0.4 is 9.80 Å². The average Bonchev–Trinajstić information content (AvgIpc) is 2.93. The van der Waals surface area contributed by atoms with Gasteiger partial charge in [0.1, 0.15) is 0 Å². The minimum absolute atomic E-state index is 0.796. The lowest BCUT2D eigenvalue weighted by molar-refractivity contribution is 0.123. The van der Waals surface area contributed by atoms with Crippen molar-refractivity contribution >= 4 is 23.0 Å². The van der Waals surface area contributed by atoms with Gasteiger partial charge in [-0.25, -0.2) is 0 Å². The quantitative estimate of drug-likeness (QED) is 0.819. The summed E-state index contributed by atoms with van der Waals surface area (Å²) in [6.07, 6.45) is 2.57. The molecule has 2 aliphatic rings. The van der Waals surface area contributed by atoms with E-state index in [4.69, 9.17) is 16.3 Å². The van der Waals surface area contributed by atoms with Gasteiger partial charge < -0.3 is 14.5 Å². The highest BCUT2D eigenvalue weighted by Gasteiger charge is 2.22. The second-order valence-corrected chi connectivity index (χ2v) is 5.31. The fraction of sp³-hybridized carbons (Fsp3) is 0.571. The summed E-state index contributed by atoms with van der Waals surface area (Å²) in [4.78, 5) is 4.82. The maximum absolute atomic E-state index is 6.43. The van der Waals surface area contributed by atoms with Crippen molar-refractivity contribution < 1.29 is 4.74 Å². The van der Waals surface area contributed by atoms with Crippen LogP contribution in [0, 0.1) is 0 Å². The van der Waals surface area contributed by atoms with Crippen LogP contribution in [0.4, 0.5) is 11.4 Å². The van der Waals surface area contributed by atoms with Gasteiger partial charge in [0.2, 0.25) is 0 Å². The summed E-state index contributed by atoms with van der Waals surface area (Å²) in [6, 6.07) is 6.24. The second kappa shape index (κ2) is 5.37. The predicted octanol–water partition coefficient (Wildman–Crippen LogP) is 2.78. The molecule has 4 heteroatoms. The van der Waals surface area contributed by atoms with Crippen molar-refractivity contribution in [3.63, 3.8) is 0 Å². The summed E-state index contributed by atoms with van der Waals surface area (Å²) in [5.41, 5.74) is 2.49. The van der Waals surface area contributed by atoms with Crippen molar-refractivity contribution in [3.05, 3.63) is 23.2 Å². The SMILES string of the molecule is Clc1cccc(N2CCCC2)c1N1CCOCC1. The molecule has 2 heterocycles. The number of morpholine rings is 1. The third-order valence-corrected chi connectivity index (χ3v) is 4.04. The standard InChI is InChI=1S/C14H19ClN2O/c15-12-4-3-5-13(16-6-1-2-7-16)14(12)17-8-10-18-11-9-17/h3-5H,1-2,6-11H2. The van der Waals surface area contributed by atoms with Crippen LogP contribution in [0.1, 0.15) is 12.8 Å². The smallest absolute Gasteiger partial charge is 0.0794 e. The predicted molar refractivity (Wildman–Crippen MR) is 75.9 cm³/mol. The molecule has 0 bridgehead atoms. The molecule has 0 N–H and O–H groups in total. The number of anilines is 2. The first-order valence-electron chi connectivity index (χ1n) is 6.72. The number of benzene rings is 1. The Morgan fingerprint density at radius 3 is 2.39 bits per heavy atom. The Morgan fingerprint density at radius 1 is 0.944 bits per heavy atom. The topological polar surface area (TPSA) is 15.7 Å². The zero-order valence-corrected chi connectivity index (χ0v) is 11.3. The molecule has 0 saturated carbocycles.